The third-order valence-corrected chi connectivity index (χ3v) is 6.53. The number of thioether (sulfide) groups is 1. The zero-order valence-corrected chi connectivity index (χ0v) is 15.1. The Morgan fingerprint density at radius 2 is 2.33 bits per heavy atom. The third-order valence-electron chi connectivity index (χ3n) is 3.82. The standard InChI is InChI=1S/C14H19N5O3S2/c1-3-19(11-4-5-24(21,22)8-11)13(20)9(2)23-14-17-7-10(6-15)12(16)18-14/h7,9,11H,3-5,8H2,1-2H3,(H2,16,17,18). The normalized spacial score (nSPS) is 20.3. The molecule has 0 spiro atoms. The van der Waals surface area contributed by atoms with Crippen molar-refractivity contribution >= 4 is 33.3 Å². The molecule has 2 heterocycles. The van der Waals surface area contributed by atoms with E-state index in [0.29, 0.717) is 18.1 Å². The van der Waals surface area contributed by atoms with Crippen LogP contribution in [0.5, 0.6) is 0 Å². The lowest BCUT2D eigenvalue weighted by Crippen LogP contribution is -2.44. The number of nitriles is 1. The van der Waals surface area contributed by atoms with Gasteiger partial charge in [0, 0.05) is 12.6 Å². The molecule has 2 atom stereocenters. The summed E-state index contributed by atoms with van der Waals surface area (Å²) in [5.74, 6) is 0.0581. The molecule has 0 aliphatic carbocycles. The van der Waals surface area contributed by atoms with Crippen LogP contribution in [-0.4, -0.2) is 58.5 Å². The molecule has 2 unspecified atom stereocenters. The van der Waals surface area contributed by atoms with Gasteiger partial charge in [0.25, 0.3) is 0 Å². The van der Waals surface area contributed by atoms with E-state index in [2.05, 4.69) is 9.97 Å². The second kappa shape index (κ2) is 7.36. The average molecular weight is 369 g/mol. The van der Waals surface area contributed by atoms with Crippen molar-refractivity contribution < 1.29 is 13.2 Å². The van der Waals surface area contributed by atoms with Crippen molar-refractivity contribution in [2.24, 2.45) is 0 Å². The van der Waals surface area contributed by atoms with Crippen molar-refractivity contribution in [3.05, 3.63) is 11.8 Å². The molecule has 0 bridgehead atoms. The summed E-state index contributed by atoms with van der Waals surface area (Å²) in [5.41, 5.74) is 5.83. The first-order valence-electron chi connectivity index (χ1n) is 7.47. The van der Waals surface area contributed by atoms with Crippen LogP contribution in [0.25, 0.3) is 0 Å². The van der Waals surface area contributed by atoms with E-state index in [1.54, 1.807) is 11.8 Å². The number of hydrogen-bond donors (Lipinski definition) is 1. The van der Waals surface area contributed by atoms with Gasteiger partial charge in [0.15, 0.2) is 15.0 Å². The van der Waals surface area contributed by atoms with Crippen LogP contribution < -0.4 is 5.73 Å². The Bertz CT molecular complexity index is 775. The van der Waals surface area contributed by atoms with Gasteiger partial charge >= 0.3 is 0 Å². The number of amides is 1. The first-order valence-corrected chi connectivity index (χ1v) is 10.2. The summed E-state index contributed by atoms with van der Waals surface area (Å²) < 4.78 is 23.3. The van der Waals surface area contributed by atoms with E-state index < -0.39 is 15.1 Å². The summed E-state index contributed by atoms with van der Waals surface area (Å²) in [4.78, 5) is 22.3. The van der Waals surface area contributed by atoms with Gasteiger partial charge in [0.1, 0.15) is 17.5 Å². The Morgan fingerprint density at radius 3 is 2.83 bits per heavy atom. The van der Waals surface area contributed by atoms with Crippen LogP contribution in [-0.2, 0) is 14.6 Å². The van der Waals surface area contributed by atoms with E-state index in [9.17, 15) is 13.2 Å². The lowest BCUT2D eigenvalue weighted by atomic mass is 10.2. The molecule has 1 aromatic heterocycles. The van der Waals surface area contributed by atoms with Gasteiger partial charge in [-0.25, -0.2) is 18.4 Å². The van der Waals surface area contributed by atoms with E-state index in [1.165, 1.54) is 6.20 Å². The van der Waals surface area contributed by atoms with Crippen molar-refractivity contribution in [3.63, 3.8) is 0 Å². The van der Waals surface area contributed by atoms with Crippen molar-refractivity contribution in [1.82, 2.24) is 14.9 Å². The summed E-state index contributed by atoms with van der Waals surface area (Å²) in [7, 11) is -3.05. The van der Waals surface area contributed by atoms with E-state index in [1.807, 2.05) is 13.0 Å². The molecule has 0 radical (unpaired) electrons. The van der Waals surface area contributed by atoms with Crippen molar-refractivity contribution in [3.8, 4) is 6.07 Å². The maximum atomic E-state index is 12.7. The number of hydrogen-bond acceptors (Lipinski definition) is 8. The van der Waals surface area contributed by atoms with E-state index in [-0.39, 0.29) is 34.8 Å². The fourth-order valence-electron chi connectivity index (χ4n) is 2.58. The SMILES string of the molecule is CCN(C(=O)C(C)Sc1ncc(C#N)c(N)n1)C1CCS(=O)(=O)C1. The van der Waals surface area contributed by atoms with E-state index >= 15 is 0 Å². The van der Waals surface area contributed by atoms with Crippen LogP contribution in [0.15, 0.2) is 11.4 Å². The predicted octanol–water partition coefficient (Wildman–Crippen LogP) is 0.447. The molecular formula is C14H19N5O3S2. The molecular weight excluding hydrogens is 350 g/mol. The number of nitrogens with zero attached hydrogens (tertiary/aromatic N) is 4. The second-order valence-electron chi connectivity index (χ2n) is 5.50. The number of rotatable bonds is 5. The summed E-state index contributed by atoms with van der Waals surface area (Å²) in [5, 5.41) is 8.64. The van der Waals surface area contributed by atoms with Crippen LogP contribution in [0.2, 0.25) is 0 Å². The van der Waals surface area contributed by atoms with E-state index in [4.69, 9.17) is 11.0 Å². The topological polar surface area (TPSA) is 130 Å². The van der Waals surface area contributed by atoms with Gasteiger partial charge in [-0.2, -0.15) is 5.26 Å². The monoisotopic (exact) mass is 369 g/mol. The average Bonchev–Trinajstić information content (AvgIpc) is 2.88. The third kappa shape index (κ3) is 4.15. The zero-order chi connectivity index (χ0) is 17.9. The first-order chi connectivity index (χ1) is 11.3. The lowest BCUT2D eigenvalue weighted by Gasteiger charge is -2.29. The fourth-order valence-corrected chi connectivity index (χ4v) is 5.13. The quantitative estimate of drug-likeness (QED) is 0.585. The molecule has 1 fully saturated rings. The number of aromatic nitrogens is 2. The highest BCUT2D eigenvalue weighted by atomic mass is 32.2. The van der Waals surface area contributed by atoms with Gasteiger partial charge in [0.05, 0.1) is 23.0 Å². The summed E-state index contributed by atoms with van der Waals surface area (Å²) in [6.07, 6.45) is 1.79. The number of nitrogens with two attached hydrogens (primary N) is 1. The molecule has 2 rings (SSSR count). The minimum Gasteiger partial charge on any atom is -0.382 e. The molecule has 130 valence electrons. The largest absolute Gasteiger partial charge is 0.382 e. The van der Waals surface area contributed by atoms with Gasteiger partial charge in [-0.1, -0.05) is 11.8 Å². The molecule has 24 heavy (non-hydrogen) atoms. The minimum atomic E-state index is -3.05. The fraction of sp³-hybridized carbons (Fsp3) is 0.571. The second-order valence-corrected chi connectivity index (χ2v) is 9.04. The molecule has 1 aromatic rings. The molecule has 1 aliphatic rings. The summed E-state index contributed by atoms with van der Waals surface area (Å²) >= 11 is 1.14. The van der Waals surface area contributed by atoms with Crippen LogP contribution in [0.1, 0.15) is 25.8 Å². The van der Waals surface area contributed by atoms with Crippen molar-refractivity contribution in [2.45, 2.75) is 36.7 Å². The molecule has 1 aliphatic heterocycles. The number of carbonyl (C=O) groups excluding carboxylic acids is 1. The number of sulfone groups is 1. The van der Waals surface area contributed by atoms with Crippen LogP contribution in [0, 0.1) is 11.3 Å². The van der Waals surface area contributed by atoms with Gasteiger partial charge in [-0.05, 0) is 20.3 Å². The smallest absolute Gasteiger partial charge is 0.236 e. The Kier molecular flexibility index (Phi) is 5.66. The van der Waals surface area contributed by atoms with Crippen molar-refractivity contribution in [1.29, 1.82) is 5.26 Å². The Labute approximate surface area is 145 Å². The van der Waals surface area contributed by atoms with Gasteiger partial charge in [-0.15, -0.1) is 0 Å². The van der Waals surface area contributed by atoms with Gasteiger partial charge in [0.2, 0.25) is 5.91 Å². The van der Waals surface area contributed by atoms with Crippen LogP contribution in [0.3, 0.4) is 0 Å². The molecule has 0 saturated carbocycles. The minimum absolute atomic E-state index is 0.0181. The number of nitrogen functional groups attached to an aromatic ring is 1. The maximum Gasteiger partial charge on any atom is 0.236 e. The van der Waals surface area contributed by atoms with Gasteiger partial charge < -0.3 is 10.6 Å². The number of carbonyl (C=O) groups is 1. The highest BCUT2D eigenvalue weighted by molar-refractivity contribution is 8.00. The highest BCUT2D eigenvalue weighted by Crippen LogP contribution is 2.25. The maximum absolute atomic E-state index is 12.7. The Balaban J connectivity index is 2.08. The molecule has 2 N–H and O–H groups in total. The van der Waals surface area contributed by atoms with Gasteiger partial charge in [-0.3, -0.25) is 4.79 Å². The van der Waals surface area contributed by atoms with E-state index in [0.717, 1.165) is 11.8 Å². The molecule has 8 nitrogen and oxygen atoms in total. The Hall–Kier alpha value is -1.86. The first kappa shape index (κ1) is 18.5. The van der Waals surface area contributed by atoms with Crippen molar-refractivity contribution in [2.75, 3.05) is 23.8 Å². The summed E-state index contributed by atoms with van der Waals surface area (Å²) in [6, 6.07) is 1.60. The Morgan fingerprint density at radius 1 is 1.62 bits per heavy atom. The zero-order valence-electron chi connectivity index (χ0n) is 13.5. The predicted molar refractivity (Wildman–Crippen MR) is 90.9 cm³/mol. The number of anilines is 1. The molecule has 10 heteroatoms. The molecule has 1 saturated heterocycles. The summed E-state index contributed by atoms with van der Waals surface area (Å²) in [6.45, 7) is 3.99. The van der Waals surface area contributed by atoms with Crippen LogP contribution >= 0.6 is 11.8 Å². The lowest BCUT2D eigenvalue weighted by molar-refractivity contribution is -0.131. The molecule has 1 amide bonds. The highest BCUT2D eigenvalue weighted by Gasteiger charge is 2.35. The molecule has 0 aromatic carbocycles. The van der Waals surface area contributed by atoms with Crippen LogP contribution in [0.4, 0.5) is 5.82 Å².